The zero-order chi connectivity index (χ0) is 23.8. The molecule has 0 heterocycles. The standard InChI is InChI=1S/C26H22N2O5/c1-26(2)13-5-8-17(15-26)19-9-3-6-16-7-4-10-21(23(16)19)24(29)27-18-11-12-20(25(30)31)22(14-18)28(32)33/h3-14H,15H2,1-2H3,(H,27,29)(H,30,31). The number of nitrogens with zero attached hydrogens (tertiary/aromatic N) is 1. The fourth-order valence-corrected chi connectivity index (χ4v) is 4.16. The second-order valence-corrected chi connectivity index (χ2v) is 8.67. The summed E-state index contributed by atoms with van der Waals surface area (Å²) in [6, 6.07) is 14.8. The molecule has 3 aromatic rings. The van der Waals surface area contributed by atoms with Gasteiger partial charge in [0.25, 0.3) is 11.6 Å². The minimum absolute atomic E-state index is 0.00568. The molecule has 4 rings (SSSR count). The summed E-state index contributed by atoms with van der Waals surface area (Å²) in [6.07, 6.45) is 7.07. The van der Waals surface area contributed by atoms with Gasteiger partial charge < -0.3 is 10.4 Å². The number of carbonyl (C=O) groups excluding carboxylic acids is 1. The van der Waals surface area contributed by atoms with E-state index in [0.717, 1.165) is 40.5 Å². The SMILES string of the molecule is CC1(C)C=CC=C(c2cccc3cccc(C(=O)Nc4ccc(C(=O)O)c([N+](=O)[O-])c4)c23)C1. The number of carboxylic acid groups (broad SMARTS) is 1. The molecular formula is C26H22N2O5. The van der Waals surface area contributed by atoms with E-state index >= 15 is 0 Å². The maximum absolute atomic E-state index is 13.3. The van der Waals surface area contributed by atoms with Crippen molar-refractivity contribution in [3.05, 3.63) is 99.6 Å². The smallest absolute Gasteiger partial charge is 0.342 e. The lowest BCUT2D eigenvalue weighted by atomic mass is 9.78. The number of nitrogens with one attached hydrogen (secondary N) is 1. The monoisotopic (exact) mass is 442 g/mol. The first kappa shape index (κ1) is 22.0. The van der Waals surface area contributed by atoms with Crippen molar-refractivity contribution < 1.29 is 19.6 Å². The summed E-state index contributed by atoms with van der Waals surface area (Å²) in [5.74, 6) is -1.84. The molecule has 0 atom stereocenters. The Morgan fingerprint density at radius 2 is 1.79 bits per heavy atom. The highest BCUT2D eigenvalue weighted by atomic mass is 16.6. The van der Waals surface area contributed by atoms with Crippen molar-refractivity contribution in [1.29, 1.82) is 0 Å². The van der Waals surface area contributed by atoms with Crippen molar-refractivity contribution in [3.8, 4) is 0 Å². The first-order valence-corrected chi connectivity index (χ1v) is 10.4. The van der Waals surface area contributed by atoms with Crippen molar-refractivity contribution >= 4 is 39.6 Å². The molecule has 0 unspecified atom stereocenters. The zero-order valence-electron chi connectivity index (χ0n) is 18.2. The number of carbonyl (C=O) groups is 2. The molecule has 0 aliphatic heterocycles. The lowest BCUT2D eigenvalue weighted by molar-refractivity contribution is -0.385. The van der Waals surface area contributed by atoms with Crippen LogP contribution in [0.5, 0.6) is 0 Å². The predicted molar refractivity (Wildman–Crippen MR) is 127 cm³/mol. The van der Waals surface area contributed by atoms with Gasteiger partial charge in [-0.25, -0.2) is 4.79 Å². The fraction of sp³-hybridized carbons (Fsp3) is 0.154. The lowest BCUT2D eigenvalue weighted by Gasteiger charge is -2.26. The van der Waals surface area contributed by atoms with Crippen LogP contribution < -0.4 is 5.32 Å². The maximum atomic E-state index is 13.3. The molecule has 0 saturated heterocycles. The van der Waals surface area contributed by atoms with Crippen LogP contribution in [0.2, 0.25) is 0 Å². The van der Waals surface area contributed by atoms with Gasteiger partial charge in [-0.05, 0) is 46.6 Å². The number of amides is 1. The summed E-state index contributed by atoms with van der Waals surface area (Å²) in [7, 11) is 0. The highest BCUT2D eigenvalue weighted by molar-refractivity contribution is 6.15. The van der Waals surface area contributed by atoms with Gasteiger partial charge in [-0.2, -0.15) is 0 Å². The molecule has 7 heteroatoms. The number of hydrogen-bond acceptors (Lipinski definition) is 4. The fourth-order valence-electron chi connectivity index (χ4n) is 4.16. The first-order valence-electron chi connectivity index (χ1n) is 10.4. The molecule has 0 spiro atoms. The number of fused-ring (bicyclic) bond motifs is 1. The molecule has 0 radical (unpaired) electrons. The van der Waals surface area contributed by atoms with E-state index in [0.29, 0.717) is 5.56 Å². The average molecular weight is 442 g/mol. The molecule has 0 saturated carbocycles. The van der Waals surface area contributed by atoms with Gasteiger partial charge in [-0.3, -0.25) is 14.9 Å². The Labute approximate surface area is 190 Å². The van der Waals surface area contributed by atoms with Crippen molar-refractivity contribution in [2.24, 2.45) is 5.41 Å². The number of anilines is 1. The molecule has 3 aromatic carbocycles. The van der Waals surface area contributed by atoms with E-state index in [1.165, 1.54) is 6.07 Å². The molecule has 1 amide bonds. The number of nitro benzene ring substituents is 1. The number of benzene rings is 3. The quantitative estimate of drug-likeness (QED) is 0.368. The van der Waals surface area contributed by atoms with E-state index in [-0.39, 0.29) is 11.1 Å². The number of nitro groups is 1. The molecule has 33 heavy (non-hydrogen) atoms. The van der Waals surface area contributed by atoms with Crippen molar-refractivity contribution in [1.82, 2.24) is 0 Å². The largest absolute Gasteiger partial charge is 0.477 e. The van der Waals surface area contributed by atoms with Crippen LogP contribution in [0.4, 0.5) is 11.4 Å². The minimum Gasteiger partial charge on any atom is -0.477 e. The molecule has 1 aliphatic rings. The summed E-state index contributed by atoms with van der Waals surface area (Å²) in [5, 5.41) is 24.9. The normalized spacial score (nSPS) is 14.5. The van der Waals surface area contributed by atoms with Gasteiger partial charge >= 0.3 is 5.97 Å². The molecule has 0 bridgehead atoms. The van der Waals surface area contributed by atoms with Gasteiger partial charge in [0.1, 0.15) is 5.56 Å². The molecular weight excluding hydrogens is 420 g/mol. The highest BCUT2D eigenvalue weighted by Crippen LogP contribution is 2.39. The van der Waals surface area contributed by atoms with Gasteiger partial charge in [-0.1, -0.05) is 62.4 Å². The second-order valence-electron chi connectivity index (χ2n) is 8.67. The van der Waals surface area contributed by atoms with Crippen molar-refractivity contribution in [3.63, 3.8) is 0 Å². The van der Waals surface area contributed by atoms with Crippen LogP contribution in [0.25, 0.3) is 16.3 Å². The van der Waals surface area contributed by atoms with Crippen LogP contribution in [0.15, 0.2) is 72.8 Å². The van der Waals surface area contributed by atoms with E-state index in [1.54, 1.807) is 12.1 Å². The third-order valence-corrected chi connectivity index (χ3v) is 5.67. The first-order chi connectivity index (χ1) is 15.7. The van der Waals surface area contributed by atoms with Gasteiger partial charge in [-0.15, -0.1) is 0 Å². The van der Waals surface area contributed by atoms with Crippen molar-refractivity contribution in [2.75, 3.05) is 5.32 Å². The molecule has 1 aliphatic carbocycles. The Kier molecular flexibility index (Phi) is 5.55. The Hall–Kier alpha value is -4.26. The van der Waals surface area contributed by atoms with E-state index in [1.807, 2.05) is 30.3 Å². The van der Waals surface area contributed by atoms with Crippen LogP contribution >= 0.6 is 0 Å². The summed E-state index contributed by atoms with van der Waals surface area (Å²) in [4.78, 5) is 35.0. The van der Waals surface area contributed by atoms with E-state index in [9.17, 15) is 24.8 Å². The highest BCUT2D eigenvalue weighted by Gasteiger charge is 2.24. The Bertz CT molecular complexity index is 1360. The van der Waals surface area contributed by atoms with Gasteiger partial charge in [0.2, 0.25) is 0 Å². The third-order valence-electron chi connectivity index (χ3n) is 5.67. The summed E-state index contributed by atoms with van der Waals surface area (Å²) < 4.78 is 0. The van der Waals surface area contributed by atoms with Crippen LogP contribution in [0.3, 0.4) is 0 Å². The second kappa shape index (κ2) is 8.35. The molecule has 0 aromatic heterocycles. The van der Waals surface area contributed by atoms with E-state index < -0.39 is 28.1 Å². The number of aromatic carboxylic acids is 1. The zero-order valence-corrected chi connectivity index (χ0v) is 18.2. The Balaban J connectivity index is 1.77. The number of allylic oxidation sites excluding steroid dienone is 4. The van der Waals surface area contributed by atoms with Crippen LogP contribution in [0, 0.1) is 15.5 Å². The lowest BCUT2D eigenvalue weighted by Crippen LogP contribution is -2.14. The Morgan fingerprint density at radius 3 is 2.45 bits per heavy atom. The van der Waals surface area contributed by atoms with E-state index in [2.05, 4.69) is 31.3 Å². The van der Waals surface area contributed by atoms with Crippen LogP contribution in [-0.4, -0.2) is 21.9 Å². The third kappa shape index (κ3) is 4.39. The van der Waals surface area contributed by atoms with Crippen molar-refractivity contribution in [2.45, 2.75) is 20.3 Å². The van der Waals surface area contributed by atoms with Crippen LogP contribution in [-0.2, 0) is 0 Å². The molecule has 0 fully saturated rings. The number of rotatable bonds is 5. The maximum Gasteiger partial charge on any atom is 0.342 e. The number of hydrogen-bond donors (Lipinski definition) is 2. The number of carboxylic acids is 1. The summed E-state index contributed by atoms with van der Waals surface area (Å²) in [6.45, 7) is 4.31. The minimum atomic E-state index is -1.41. The predicted octanol–water partition coefficient (Wildman–Crippen LogP) is 6.07. The topological polar surface area (TPSA) is 110 Å². The van der Waals surface area contributed by atoms with Gasteiger partial charge in [0.05, 0.1) is 4.92 Å². The van der Waals surface area contributed by atoms with E-state index in [4.69, 9.17) is 0 Å². The van der Waals surface area contributed by atoms with Gasteiger partial charge in [0, 0.05) is 22.7 Å². The molecule has 2 N–H and O–H groups in total. The Morgan fingerprint density at radius 1 is 1.06 bits per heavy atom. The average Bonchev–Trinajstić information content (AvgIpc) is 2.77. The summed E-state index contributed by atoms with van der Waals surface area (Å²) >= 11 is 0. The summed E-state index contributed by atoms with van der Waals surface area (Å²) in [5.41, 5.74) is 1.63. The molecule has 166 valence electrons. The van der Waals surface area contributed by atoms with Crippen LogP contribution in [0.1, 0.15) is 46.5 Å². The van der Waals surface area contributed by atoms with Gasteiger partial charge in [0.15, 0.2) is 0 Å². The molecule has 7 nitrogen and oxygen atoms in total.